The molecular weight excluding hydrogens is 559 g/mol. The van der Waals surface area contributed by atoms with E-state index in [4.69, 9.17) is 16.3 Å². The van der Waals surface area contributed by atoms with Gasteiger partial charge in [-0.15, -0.1) is 35.1 Å². The first kappa shape index (κ1) is 28.9. The largest absolute Gasteiger partial charge is 0.478 e. The Kier molecular flexibility index (Phi) is 9.19. The number of nitrogens with zero attached hydrogens (tertiary/aromatic N) is 2. The summed E-state index contributed by atoms with van der Waals surface area (Å²) in [6, 6.07) is 8.23. The highest BCUT2D eigenvalue weighted by atomic mass is 35.5. The number of aromatic nitrogens is 1. The first-order valence-corrected chi connectivity index (χ1v) is 13.1. The zero-order valence-electron chi connectivity index (χ0n) is 20.3. The number of hydrogen-bond acceptors (Lipinski definition) is 8. The topological polar surface area (TPSA) is 121 Å². The van der Waals surface area contributed by atoms with Gasteiger partial charge in [-0.1, -0.05) is 23.7 Å². The van der Waals surface area contributed by atoms with E-state index in [0.29, 0.717) is 19.8 Å². The van der Waals surface area contributed by atoms with E-state index in [1.54, 1.807) is 30.3 Å². The second kappa shape index (κ2) is 11.8. The average Bonchev–Trinajstić information content (AvgIpc) is 3.44. The SMILES string of the molecule is CN1CCc2nc(C(=O)Nc3c(CNC(=O)c4ccc(Cl)s4)cccc3OC(C)(C)C(=O)O)sc2C1.Cl. The number of carboxylic acids is 1. The Morgan fingerprint density at radius 2 is 1.95 bits per heavy atom. The van der Waals surface area contributed by atoms with Crippen molar-refractivity contribution in [3.05, 3.63) is 60.7 Å². The molecule has 0 aliphatic carbocycles. The first-order valence-electron chi connectivity index (χ1n) is 11.1. The zero-order valence-corrected chi connectivity index (χ0v) is 23.5. The van der Waals surface area contributed by atoms with Crippen LogP contribution in [0.15, 0.2) is 30.3 Å². The summed E-state index contributed by atoms with van der Waals surface area (Å²) in [6.45, 7) is 4.51. The third kappa shape index (κ3) is 6.79. The van der Waals surface area contributed by atoms with Crippen LogP contribution in [0.1, 0.15) is 49.5 Å². The van der Waals surface area contributed by atoms with Crippen LogP contribution in [0.2, 0.25) is 4.34 Å². The molecule has 0 saturated carbocycles. The van der Waals surface area contributed by atoms with Gasteiger partial charge in [0.2, 0.25) is 0 Å². The number of benzene rings is 1. The van der Waals surface area contributed by atoms with E-state index in [0.717, 1.165) is 41.4 Å². The third-order valence-electron chi connectivity index (χ3n) is 5.58. The van der Waals surface area contributed by atoms with Gasteiger partial charge in [-0.3, -0.25) is 9.59 Å². The molecule has 0 atom stereocenters. The monoisotopic (exact) mass is 584 g/mol. The second-order valence-corrected chi connectivity index (χ2v) is 11.6. The summed E-state index contributed by atoms with van der Waals surface area (Å²) in [4.78, 5) is 45.7. The van der Waals surface area contributed by atoms with Crippen molar-refractivity contribution in [2.24, 2.45) is 0 Å². The Labute approximate surface area is 233 Å². The minimum absolute atomic E-state index is 0. The van der Waals surface area contributed by atoms with E-state index in [9.17, 15) is 19.5 Å². The fraction of sp³-hybridized carbons (Fsp3) is 0.333. The molecular formula is C24H26Cl2N4O5S2. The number of halogens is 2. The molecule has 198 valence electrons. The maximum absolute atomic E-state index is 13.2. The molecule has 1 aliphatic rings. The second-order valence-electron chi connectivity index (χ2n) is 8.83. The molecule has 0 bridgehead atoms. The van der Waals surface area contributed by atoms with Crippen molar-refractivity contribution in [2.75, 3.05) is 18.9 Å². The maximum Gasteiger partial charge on any atom is 0.347 e. The molecule has 4 rings (SSSR count). The minimum Gasteiger partial charge on any atom is -0.478 e. The van der Waals surface area contributed by atoms with Crippen molar-refractivity contribution in [1.82, 2.24) is 15.2 Å². The molecule has 0 unspecified atom stereocenters. The number of aliphatic carboxylic acids is 1. The Morgan fingerprint density at radius 3 is 2.62 bits per heavy atom. The molecule has 9 nitrogen and oxygen atoms in total. The van der Waals surface area contributed by atoms with Crippen LogP contribution in [0.5, 0.6) is 5.75 Å². The Hall–Kier alpha value is -2.70. The molecule has 37 heavy (non-hydrogen) atoms. The normalized spacial score (nSPS) is 13.3. The molecule has 3 N–H and O–H groups in total. The Morgan fingerprint density at radius 1 is 1.19 bits per heavy atom. The van der Waals surface area contributed by atoms with Gasteiger partial charge < -0.3 is 25.4 Å². The lowest BCUT2D eigenvalue weighted by atomic mass is 10.1. The van der Waals surface area contributed by atoms with Gasteiger partial charge >= 0.3 is 5.97 Å². The van der Waals surface area contributed by atoms with Crippen molar-refractivity contribution in [2.45, 2.75) is 39.0 Å². The molecule has 0 spiro atoms. The number of anilines is 1. The van der Waals surface area contributed by atoms with Crippen molar-refractivity contribution in [1.29, 1.82) is 0 Å². The highest BCUT2D eigenvalue weighted by Gasteiger charge is 2.31. The Balaban J connectivity index is 0.00000380. The molecule has 3 heterocycles. The number of thiophene rings is 1. The fourth-order valence-corrected chi connectivity index (χ4v) is 5.60. The van der Waals surface area contributed by atoms with Gasteiger partial charge in [0, 0.05) is 30.9 Å². The number of carbonyl (C=O) groups is 3. The number of ether oxygens (including phenoxy) is 1. The summed E-state index contributed by atoms with van der Waals surface area (Å²) in [5.74, 6) is -1.75. The lowest BCUT2D eigenvalue weighted by Crippen LogP contribution is -2.38. The van der Waals surface area contributed by atoms with Gasteiger partial charge in [0.15, 0.2) is 10.6 Å². The van der Waals surface area contributed by atoms with Crippen molar-refractivity contribution in [3.63, 3.8) is 0 Å². The molecule has 0 saturated heterocycles. The standard InChI is InChI=1S/C24H25ClN4O5S2.ClH/c1-24(2,23(32)33)34-15-6-4-5-13(11-26-20(30)16-7-8-18(25)35-16)19(15)28-21(31)22-27-14-9-10-29(3)12-17(14)36-22;/h4-8H,9-12H2,1-3H3,(H,26,30)(H,28,31)(H,32,33);1H. The smallest absolute Gasteiger partial charge is 0.347 e. The van der Waals surface area contributed by atoms with Gasteiger partial charge in [0.25, 0.3) is 11.8 Å². The number of likely N-dealkylation sites (N-methyl/N-ethyl adjacent to an activating group) is 1. The number of rotatable bonds is 8. The molecule has 3 aromatic rings. The number of hydrogen-bond donors (Lipinski definition) is 3. The number of fused-ring (bicyclic) bond motifs is 1. The van der Waals surface area contributed by atoms with E-state index in [2.05, 4.69) is 20.5 Å². The van der Waals surface area contributed by atoms with Gasteiger partial charge in [0.05, 0.1) is 20.6 Å². The van der Waals surface area contributed by atoms with Crippen LogP contribution in [0.25, 0.3) is 0 Å². The number of thiazole rings is 1. The van der Waals surface area contributed by atoms with Gasteiger partial charge in [-0.2, -0.15) is 0 Å². The lowest BCUT2D eigenvalue weighted by molar-refractivity contribution is -0.152. The van der Waals surface area contributed by atoms with Crippen molar-refractivity contribution < 1.29 is 24.2 Å². The summed E-state index contributed by atoms with van der Waals surface area (Å²) < 4.78 is 6.29. The molecule has 1 aliphatic heterocycles. The quantitative estimate of drug-likeness (QED) is 0.351. The summed E-state index contributed by atoms with van der Waals surface area (Å²) in [5.41, 5.74) is 0.174. The van der Waals surface area contributed by atoms with E-state index in [1.807, 2.05) is 7.05 Å². The zero-order chi connectivity index (χ0) is 26.0. The first-order chi connectivity index (χ1) is 17.0. The molecule has 0 fully saturated rings. The van der Waals surface area contributed by atoms with Crippen LogP contribution < -0.4 is 15.4 Å². The highest BCUT2D eigenvalue weighted by molar-refractivity contribution is 7.18. The predicted octanol–water partition coefficient (Wildman–Crippen LogP) is 4.69. The summed E-state index contributed by atoms with van der Waals surface area (Å²) in [5, 5.41) is 15.5. The maximum atomic E-state index is 13.2. The van der Waals surface area contributed by atoms with Crippen LogP contribution in [0.4, 0.5) is 5.69 Å². The van der Waals surface area contributed by atoms with Crippen LogP contribution >= 0.6 is 46.7 Å². The van der Waals surface area contributed by atoms with Gasteiger partial charge in [-0.25, -0.2) is 9.78 Å². The predicted molar refractivity (Wildman–Crippen MR) is 147 cm³/mol. The van der Waals surface area contributed by atoms with Crippen LogP contribution in [-0.4, -0.2) is 52.0 Å². The molecule has 2 aromatic heterocycles. The number of nitrogens with one attached hydrogen (secondary N) is 2. The average molecular weight is 586 g/mol. The van der Waals surface area contributed by atoms with Crippen LogP contribution in [-0.2, 0) is 24.3 Å². The minimum atomic E-state index is -1.56. The van der Waals surface area contributed by atoms with Gasteiger partial charge in [-0.05, 0) is 44.7 Å². The summed E-state index contributed by atoms with van der Waals surface area (Å²) in [7, 11) is 2.02. The van der Waals surface area contributed by atoms with E-state index in [-0.39, 0.29) is 36.3 Å². The van der Waals surface area contributed by atoms with Crippen LogP contribution in [0.3, 0.4) is 0 Å². The van der Waals surface area contributed by atoms with Crippen molar-refractivity contribution in [3.8, 4) is 5.75 Å². The van der Waals surface area contributed by atoms with Crippen LogP contribution in [0, 0.1) is 0 Å². The van der Waals surface area contributed by atoms with Crippen molar-refractivity contribution >= 4 is 70.2 Å². The molecule has 13 heteroatoms. The molecule has 2 amide bonds. The fourth-order valence-electron chi connectivity index (χ4n) is 3.56. The Bertz CT molecular complexity index is 1320. The molecule has 1 aromatic carbocycles. The van der Waals surface area contributed by atoms with E-state index >= 15 is 0 Å². The number of para-hydroxylation sites is 1. The number of carbonyl (C=O) groups excluding carboxylic acids is 2. The summed E-state index contributed by atoms with van der Waals surface area (Å²) >= 11 is 8.42. The summed E-state index contributed by atoms with van der Waals surface area (Å²) in [6.07, 6.45) is 0.770. The molecule has 0 radical (unpaired) electrons. The van der Waals surface area contributed by atoms with Gasteiger partial charge in [0.1, 0.15) is 5.75 Å². The number of carboxylic acid groups (broad SMARTS) is 1. The van der Waals surface area contributed by atoms with E-state index in [1.165, 1.54) is 25.2 Å². The third-order valence-corrected chi connectivity index (χ3v) is 7.90. The van der Waals surface area contributed by atoms with E-state index < -0.39 is 17.5 Å². The lowest BCUT2D eigenvalue weighted by Gasteiger charge is -2.24. The highest BCUT2D eigenvalue weighted by Crippen LogP contribution is 2.33. The number of amides is 2.